The third kappa shape index (κ3) is 2.21. The number of nitrogens with zero attached hydrogens (tertiary/aromatic N) is 1. The summed E-state index contributed by atoms with van der Waals surface area (Å²) in [6.45, 7) is 1.98. The van der Waals surface area contributed by atoms with Crippen LogP contribution in [0.5, 0.6) is 0 Å². The molecule has 5 nitrogen and oxygen atoms in total. The molecular weight excluding hydrogens is 276 g/mol. The number of amides is 1. The number of benzene rings is 1. The van der Waals surface area contributed by atoms with Crippen molar-refractivity contribution in [1.29, 1.82) is 0 Å². The van der Waals surface area contributed by atoms with E-state index in [2.05, 4.69) is 5.32 Å². The molecule has 1 amide bonds. The first-order chi connectivity index (χ1) is 8.54. The molecule has 1 heterocycles. The summed E-state index contributed by atoms with van der Waals surface area (Å²) < 4.78 is 6.95. The fourth-order valence-corrected chi connectivity index (χ4v) is 2.80. The number of halogens is 1. The number of nitrogens with one attached hydrogen (secondary N) is 1. The van der Waals surface area contributed by atoms with E-state index in [1.165, 1.54) is 4.57 Å². The van der Waals surface area contributed by atoms with Crippen LogP contribution in [0.3, 0.4) is 0 Å². The van der Waals surface area contributed by atoms with E-state index < -0.39 is 6.09 Å². The number of hydrogen-bond donors (Lipinski definition) is 1. The topological polar surface area (TPSA) is 60.3 Å². The summed E-state index contributed by atoms with van der Waals surface area (Å²) in [5.74, 6) is 0. The number of carbonyl (C=O) groups excluding carboxylic acids is 1. The van der Waals surface area contributed by atoms with Gasteiger partial charge in [-0.3, -0.25) is 10.1 Å². The molecule has 1 aromatic carbocycles. The molecule has 0 aliphatic heterocycles. The average molecular weight is 287 g/mol. The lowest BCUT2D eigenvalue weighted by molar-refractivity contribution is 0.168. The molecule has 0 aliphatic carbocycles. The minimum Gasteiger partial charge on any atom is -0.450 e. The molecule has 0 saturated carbocycles. The highest BCUT2D eigenvalue weighted by Crippen LogP contribution is 2.32. The number of carbonyl (C=O) groups is 1. The largest absolute Gasteiger partial charge is 0.450 e. The standard InChI is InChI=1S/C11H11ClN2O3S/c1-3-17-10(15)13-8-6(12)4-5-7-9(8)18-11(16)14(7)2/h4-5H,3H2,1-2H3,(H,13,15). The highest BCUT2D eigenvalue weighted by Gasteiger charge is 2.14. The summed E-state index contributed by atoms with van der Waals surface area (Å²) in [6.07, 6.45) is -0.588. The van der Waals surface area contributed by atoms with E-state index in [0.29, 0.717) is 15.4 Å². The van der Waals surface area contributed by atoms with Gasteiger partial charge in [-0.25, -0.2) is 4.79 Å². The van der Waals surface area contributed by atoms with E-state index >= 15 is 0 Å². The molecule has 2 rings (SSSR count). The van der Waals surface area contributed by atoms with E-state index in [1.807, 2.05) is 0 Å². The van der Waals surface area contributed by atoms with Crippen LogP contribution in [0, 0.1) is 0 Å². The van der Waals surface area contributed by atoms with Crippen molar-refractivity contribution in [2.45, 2.75) is 6.92 Å². The quantitative estimate of drug-likeness (QED) is 0.923. The molecule has 0 bridgehead atoms. The first-order valence-corrected chi connectivity index (χ1v) is 6.45. The Kier molecular flexibility index (Phi) is 3.58. The van der Waals surface area contributed by atoms with Crippen LogP contribution < -0.4 is 10.2 Å². The van der Waals surface area contributed by atoms with Gasteiger partial charge >= 0.3 is 11.0 Å². The van der Waals surface area contributed by atoms with Crippen LogP contribution >= 0.6 is 22.9 Å². The third-order valence-electron chi connectivity index (χ3n) is 2.41. The minimum atomic E-state index is -0.588. The van der Waals surface area contributed by atoms with Gasteiger partial charge in [0.25, 0.3) is 0 Å². The molecule has 0 spiro atoms. The van der Waals surface area contributed by atoms with Crippen molar-refractivity contribution in [3.63, 3.8) is 0 Å². The molecular formula is C11H11ClN2O3S. The number of hydrogen-bond acceptors (Lipinski definition) is 4. The molecule has 1 aromatic heterocycles. The maximum Gasteiger partial charge on any atom is 0.411 e. The van der Waals surface area contributed by atoms with Gasteiger partial charge in [-0.05, 0) is 19.1 Å². The van der Waals surface area contributed by atoms with E-state index in [-0.39, 0.29) is 11.5 Å². The molecule has 96 valence electrons. The second-order valence-electron chi connectivity index (χ2n) is 3.54. The Hall–Kier alpha value is -1.53. The molecule has 7 heteroatoms. The predicted octanol–water partition coefficient (Wildman–Crippen LogP) is 2.82. The van der Waals surface area contributed by atoms with E-state index in [9.17, 15) is 9.59 Å². The normalized spacial score (nSPS) is 10.6. The van der Waals surface area contributed by atoms with Gasteiger partial charge in [0, 0.05) is 7.05 Å². The summed E-state index contributed by atoms with van der Waals surface area (Å²) in [7, 11) is 1.67. The SMILES string of the molecule is CCOC(=O)Nc1c(Cl)ccc2c1sc(=O)n2C. The maximum absolute atomic E-state index is 11.6. The second kappa shape index (κ2) is 4.99. The Morgan fingerprint density at radius 1 is 1.56 bits per heavy atom. The summed E-state index contributed by atoms with van der Waals surface area (Å²) in [6, 6.07) is 3.38. The molecule has 0 radical (unpaired) electrons. The van der Waals surface area contributed by atoms with Crippen LogP contribution in [-0.2, 0) is 11.8 Å². The lowest BCUT2D eigenvalue weighted by Crippen LogP contribution is -2.13. The molecule has 0 atom stereocenters. The number of rotatable bonds is 2. The molecule has 0 saturated heterocycles. The maximum atomic E-state index is 11.6. The highest BCUT2D eigenvalue weighted by molar-refractivity contribution is 7.17. The van der Waals surface area contributed by atoms with Crippen LogP contribution in [0.4, 0.5) is 10.5 Å². The van der Waals surface area contributed by atoms with E-state index in [0.717, 1.165) is 16.9 Å². The lowest BCUT2D eigenvalue weighted by Gasteiger charge is -2.08. The fraction of sp³-hybridized carbons (Fsp3) is 0.273. The first-order valence-electron chi connectivity index (χ1n) is 5.26. The van der Waals surface area contributed by atoms with Gasteiger partial charge in [0.2, 0.25) is 0 Å². The van der Waals surface area contributed by atoms with Crippen molar-refractivity contribution in [3.05, 3.63) is 26.8 Å². The Balaban J connectivity index is 2.55. The number of thiazole rings is 1. The molecule has 18 heavy (non-hydrogen) atoms. The number of aryl methyl sites for hydroxylation is 1. The minimum absolute atomic E-state index is 0.112. The second-order valence-corrected chi connectivity index (χ2v) is 4.91. The summed E-state index contributed by atoms with van der Waals surface area (Å²) in [5.41, 5.74) is 1.14. The Morgan fingerprint density at radius 2 is 2.28 bits per heavy atom. The van der Waals surface area contributed by atoms with Gasteiger partial charge < -0.3 is 9.30 Å². The number of anilines is 1. The van der Waals surface area contributed by atoms with Crippen LogP contribution in [0.25, 0.3) is 10.2 Å². The van der Waals surface area contributed by atoms with Crippen LogP contribution in [0.15, 0.2) is 16.9 Å². The van der Waals surface area contributed by atoms with Crippen LogP contribution in [0.2, 0.25) is 5.02 Å². The van der Waals surface area contributed by atoms with Crippen molar-refractivity contribution in [2.75, 3.05) is 11.9 Å². The summed E-state index contributed by atoms with van der Waals surface area (Å²) in [4.78, 5) is 22.9. The van der Waals surface area contributed by atoms with Gasteiger partial charge in [0.05, 0.1) is 27.5 Å². The zero-order valence-corrected chi connectivity index (χ0v) is 11.4. The van der Waals surface area contributed by atoms with Crippen molar-refractivity contribution in [2.24, 2.45) is 7.05 Å². The van der Waals surface area contributed by atoms with Gasteiger partial charge in [0.15, 0.2) is 0 Å². The average Bonchev–Trinajstić information content (AvgIpc) is 2.60. The summed E-state index contributed by atoms with van der Waals surface area (Å²) in [5, 5.41) is 2.93. The Labute approximate surface area is 112 Å². The first kappa shape index (κ1) is 12.9. The van der Waals surface area contributed by atoms with Gasteiger partial charge in [-0.2, -0.15) is 0 Å². The number of aromatic nitrogens is 1. The zero-order chi connectivity index (χ0) is 13.3. The molecule has 1 N–H and O–H groups in total. The van der Waals surface area contributed by atoms with Gasteiger partial charge in [-0.15, -0.1) is 0 Å². The van der Waals surface area contributed by atoms with Crippen molar-refractivity contribution < 1.29 is 9.53 Å². The van der Waals surface area contributed by atoms with Crippen molar-refractivity contribution in [1.82, 2.24) is 4.57 Å². The lowest BCUT2D eigenvalue weighted by atomic mass is 10.3. The molecule has 2 aromatic rings. The van der Waals surface area contributed by atoms with Gasteiger partial charge in [-0.1, -0.05) is 22.9 Å². The Morgan fingerprint density at radius 3 is 2.94 bits per heavy atom. The molecule has 0 fully saturated rings. The van der Waals surface area contributed by atoms with E-state index in [4.69, 9.17) is 16.3 Å². The Bertz CT molecular complexity index is 662. The van der Waals surface area contributed by atoms with Gasteiger partial charge in [0.1, 0.15) is 0 Å². The highest BCUT2D eigenvalue weighted by atomic mass is 35.5. The third-order valence-corrected chi connectivity index (χ3v) is 3.79. The molecule has 0 unspecified atom stereocenters. The number of ether oxygens (including phenoxy) is 1. The number of fused-ring (bicyclic) bond motifs is 1. The fourth-order valence-electron chi connectivity index (χ4n) is 1.55. The van der Waals surface area contributed by atoms with E-state index in [1.54, 1.807) is 26.1 Å². The smallest absolute Gasteiger partial charge is 0.411 e. The van der Waals surface area contributed by atoms with Crippen LogP contribution in [-0.4, -0.2) is 17.3 Å². The van der Waals surface area contributed by atoms with Crippen molar-refractivity contribution in [3.8, 4) is 0 Å². The van der Waals surface area contributed by atoms with Crippen molar-refractivity contribution >= 4 is 44.9 Å². The zero-order valence-electron chi connectivity index (χ0n) is 9.82. The monoisotopic (exact) mass is 286 g/mol. The van der Waals surface area contributed by atoms with Crippen LogP contribution in [0.1, 0.15) is 6.92 Å². The predicted molar refractivity (Wildman–Crippen MR) is 72.7 cm³/mol. The summed E-state index contributed by atoms with van der Waals surface area (Å²) >= 11 is 7.07. The molecule has 0 aliphatic rings.